The highest BCUT2D eigenvalue weighted by Crippen LogP contribution is 2.21. The van der Waals surface area contributed by atoms with Gasteiger partial charge in [-0.15, -0.1) is 0 Å². The smallest absolute Gasteiger partial charge is 0.244 e. The van der Waals surface area contributed by atoms with Gasteiger partial charge in [0.15, 0.2) is 10.6 Å². The zero-order valence-corrected chi connectivity index (χ0v) is 17.7. The molecule has 1 aromatic heterocycles. The van der Waals surface area contributed by atoms with Crippen molar-refractivity contribution in [1.29, 1.82) is 0 Å². The average Bonchev–Trinajstić information content (AvgIpc) is 3.04. The van der Waals surface area contributed by atoms with Crippen LogP contribution in [-0.4, -0.2) is 45.1 Å². The number of halogens is 2. The molecule has 7 nitrogen and oxygen atoms in total. The van der Waals surface area contributed by atoms with E-state index in [1.54, 1.807) is 60.1 Å². The molecule has 10 heteroatoms. The minimum absolute atomic E-state index is 0.0663. The number of H-pyrrole nitrogens is 1. The largest absolute Gasteiger partial charge is 0.335 e. The number of carbonyl (C=O) groups excluding carboxylic acids is 2. The van der Waals surface area contributed by atoms with E-state index in [0.29, 0.717) is 26.3 Å². The highest BCUT2D eigenvalue weighted by molar-refractivity contribution is 7.71. The molecule has 0 aliphatic rings. The van der Waals surface area contributed by atoms with Crippen LogP contribution in [-0.2, 0) is 16.1 Å². The highest BCUT2D eigenvalue weighted by atomic mass is 35.5. The number of likely N-dealkylation sites (N-methyl/N-ethyl adjacent to an activating group) is 1. The summed E-state index contributed by atoms with van der Waals surface area (Å²) in [5.41, 5.74) is 1.25. The van der Waals surface area contributed by atoms with Crippen LogP contribution in [0.5, 0.6) is 0 Å². The van der Waals surface area contributed by atoms with E-state index in [-0.39, 0.29) is 24.9 Å². The number of benzene rings is 2. The van der Waals surface area contributed by atoms with Gasteiger partial charge in [0.25, 0.3) is 0 Å². The Labute approximate surface area is 182 Å². The molecular formula is C19H17Cl2N5O2S. The average molecular weight is 450 g/mol. The number of anilines is 1. The Morgan fingerprint density at radius 2 is 1.86 bits per heavy atom. The van der Waals surface area contributed by atoms with Crippen LogP contribution in [0, 0.1) is 4.77 Å². The van der Waals surface area contributed by atoms with E-state index in [1.165, 1.54) is 4.90 Å². The maximum Gasteiger partial charge on any atom is 0.244 e. The molecule has 0 aliphatic heterocycles. The third kappa shape index (κ3) is 5.23. The molecule has 29 heavy (non-hydrogen) atoms. The first-order chi connectivity index (χ1) is 13.8. The molecule has 1 heterocycles. The molecule has 0 bridgehead atoms. The molecule has 2 amide bonds. The first-order valence-electron chi connectivity index (χ1n) is 8.54. The van der Waals surface area contributed by atoms with E-state index in [9.17, 15) is 9.59 Å². The molecule has 0 fully saturated rings. The molecule has 3 rings (SSSR count). The Morgan fingerprint density at radius 1 is 1.17 bits per heavy atom. The Hall–Kier alpha value is -2.68. The molecule has 0 aliphatic carbocycles. The van der Waals surface area contributed by atoms with Gasteiger partial charge in [-0.2, -0.15) is 5.10 Å². The summed E-state index contributed by atoms with van der Waals surface area (Å²) in [5.74, 6) is -0.149. The van der Waals surface area contributed by atoms with Crippen LogP contribution < -0.4 is 5.32 Å². The number of carbonyl (C=O) groups is 2. The predicted molar refractivity (Wildman–Crippen MR) is 116 cm³/mol. The van der Waals surface area contributed by atoms with E-state index >= 15 is 0 Å². The Morgan fingerprint density at radius 3 is 2.55 bits per heavy atom. The van der Waals surface area contributed by atoms with Crippen molar-refractivity contribution in [2.45, 2.75) is 6.54 Å². The summed E-state index contributed by atoms with van der Waals surface area (Å²) >= 11 is 17.2. The summed E-state index contributed by atoms with van der Waals surface area (Å²) < 4.78 is 1.88. The number of hydrogen-bond acceptors (Lipinski definition) is 4. The third-order valence-electron chi connectivity index (χ3n) is 4.11. The fourth-order valence-corrected chi connectivity index (χ4v) is 3.10. The van der Waals surface area contributed by atoms with Crippen molar-refractivity contribution < 1.29 is 9.59 Å². The van der Waals surface area contributed by atoms with Crippen molar-refractivity contribution in [2.24, 2.45) is 0 Å². The molecule has 2 N–H and O–H groups in total. The lowest BCUT2D eigenvalue weighted by atomic mass is 10.2. The van der Waals surface area contributed by atoms with Crippen molar-refractivity contribution in [3.05, 3.63) is 63.3 Å². The highest BCUT2D eigenvalue weighted by Gasteiger charge is 2.17. The molecule has 0 saturated carbocycles. The van der Waals surface area contributed by atoms with E-state index in [2.05, 4.69) is 15.5 Å². The van der Waals surface area contributed by atoms with Crippen LogP contribution in [0.3, 0.4) is 0 Å². The number of para-hydroxylation sites is 1. The molecular weight excluding hydrogens is 433 g/mol. The van der Waals surface area contributed by atoms with Gasteiger partial charge in [0.2, 0.25) is 11.8 Å². The molecule has 2 aromatic carbocycles. The normalized spacial score (nSPS) is 10.6. The van der Waals surface area contributed by atoms with Crippen molar-refractivity contribution in [3.8, 4) is 11.4 Å². The van der Waals surface area contributed by atoms with Crippen molar-refractivity contribution in [1.82, 2.24) is 19.7 Å². The van der Waals surface area contributed by atoms with Gasteiger partial charge < -0.3 is 10.2 Å². The minimum atomic E-state index is -0.359. The maximum absolute atomic E-state index is 12.6. The molecule has 0 atom stereocenters. The summed E-state index contributed by atoms with van der Waals surface area (Å²) in [4.78, 5) is 26.2. The van der Waals surface area contributed by atoms with Crippen LogP contribution >= 0.6 is 35.4 Å². The van der Waals surface area contributed by atoms with E-state index < -0.39 is 0 Å². The standard InChI is InChI=1S/C19H17Cl2N5O2S/c1-25(10-16(27)22-15-5-3-2-4-14(15)21)17(28)11-26-18(23-24-19(26)29)12-6-8-13(20)9-7-12/h2-9H,10-11H2,1H3,(H,22,27)(H,24,29). The van der Waals surface area contributed by atoms with Gasteiger partial charge in [-0.3, -0.25) is 19.3 Å². The van der Waals surface area contributed by atoms with Crippen molar-refractivity contribution in [2.75, 3.05) is 18.9 Å². The lowest BCUT2D eigenvalue weighted by Gasteiger charge is -2.18. The second kappa shape index (κ2) is 9.21. The van der Waals surface area contributed by atoms with Gasteiger partial charge in [0.1, 0.15) is 6.54 Å². The quantitative estimate of drug-likeness (QED) is 0.556. The number of nitrogens with zero attached hydrogens (tertiary/aromatic N) is 3. The predicted octanol–water partition coefficient (Wildman–Crippen LogP) is 4.01. The van der Waals surface area contributed by atoms with Crippen molar-refractivity contribution in [3.63, 3.8) is 0 Å². The monoisotopic (exact) mass is 449 g/mol. The summed E-state index contributed by atoms with van der Waals surface area (Å²) in [7, 11) is 1.54. The first kappa shape index (κ1) is 21.0. The van der Waals surface area contributed by atoms with Crippen molar-refractivity contribution >= 4 is 52.9 Å². The van der Waals surface area contributed by atoms with Crippen LogP contribution in [0.1, 0.15) is 0 Å². The molecule has 0 spiro atoms. The van der Waals surface area contributed by atoms with Gasteiger partial charge in [-0.1, -0.05) is 35.3 Å². The Kier molecular flexibility index (Phi) is 6.68. The summed E-state index contributed by atoms with van der Waals surface area (Å²) in [6.45, 7) is -0.200. The molecule has 0 saturated heterocycles. The van der Waals surface area contributed by atoms with Gasteiger partial charge in [-0.05, 0) is 48.6 Å². The third-order valence-corrected chi connectivity index (χ3v) is 5.00. The van der Waals surface area contributed by atoms with Crippen LogP contribution in [0.4, 0.5) is 5.69 Å². The fraction of sp³-hybridized carbons (Fsp3) is 0.158. The number of amides is 2. The number of nitrogens with one attached hydrogen (secondary N) is 2. The Bertz CT molecular complexity index is 1090. The van der Waals surface area contributed by atoms with E-state index in [1.807, 2.05) is 0 Å². The fourth-order valence-electron chi connectivity index (χ4n) is 2.60. The zero-order chi connectivity index (χ0) is 21.0. The van der Waals surface area contributed by atoms with E-state index in [4.69, 9.17) is 35.4 Å². The minimum Gasteiger partial charge on any atom is -0.335 e. The molecule has 3 aromatic rings. The number of rotatable bonds is 6. The lowest BCUT2D eigenvalue weighted by molar-refractivity contribution is -0.133. The van der Waals surface area contributed by atoms with Gasteiger partial charge in [-0.25, -0.2) is 0 Å². The van der Waals surface area contributed by atoms with Crippen LogP contribution in [0.2, 0.25) is 10.0 Å². The maximum atomic E-state index is 12.6. The topological polar surface area (TPSA) is 83.0 Å². The van der Waals surface area contributed by atoms with E-state index in [0.717, 1.165) is 5.56 Å². The zero-order valence-electron chi connectivity index (χ0n) is 15.4. The summed E-state index contributed by atoms with van der Waals surface area (Å²) in [6, 6.07) is 13.9. The molecule has 150 valence electrons. The summed E-state index contributed by atoms with van der Waals surface area (Å²) in [6.07, 6.45) is 0. The summed E-state index contributed by atoms with van der Waals surface area (Å²) in [5, 5.41) is 10.6. The number of aromatic amines is 1. The lowest BCUT2D eigenvalue weighted by Crippen LogP contribution is -2.37. The molecule has 0 unspecified atom stereocenters. The SMILES string of the molecule is CN(CC(=O)Nc1ccccc1Cl)C(=O)Cn1c(-c2ccc(Cl)cc2)n[nH]c1=S. The van der Waals surface area contributed by atoms with Crippen LogP contribution in [0.15, 0.2) is 48.5 Å². The van der Waals surface area contributed by atoms with Gasteiger partial charge >= 0.3 is 0 Å². The van der Waals surface area contributed by atoms with Crippen LogP contribution in [0.25, 0.3) is 11.4 Å². The second-order valence-corrected chi connectivity index (χ2v) is 7.45. The Balaban J connectivity index is 1.68. The number of aromatic nitrogens is 3. The second-order valence-electron chi connectivity index (χ2n) is 6.22. The first-order valence-corrected chi connectivity index (χ1v) is 9.71. The van der Waals surface area contributed by atoms with Gasteiger partial charge in [0.05, 0.1) is 17.3 Å². The molecule has 0 radical (unpaired) electrons. The van der Waals surface area contributed by atoms with Gasteiger partial charge in [0, 0.05) is 17.6 Å². The number of hydrogen-bond donors (Lipinski definition) is 2.